The smallest absolute Gasteiger partial charge is 0.0848 e. The average molecular weight is 199 g/mol. The fourth-order valence-corrected chi connectivity index (χ4v) is 2.75. The fraction of sp³-hybridized carbons (Fsp3) is 0. The number of hydrogen-bond donors (Lipinski definition) is 0. The van der Waals surface area contributed by atoms with Crippen LogP contribution in [-0.2, 0) is 0 Å². The maximum Gasteiger partial charge on any atom is 0.0848 e. The summed E-state index contributed by atoms with van der Waals surface area (Å²) in [4.78, 5) is 5.70. The number of fused-ring (bicyclic) bond motifs is 3. The van der Waals surface area contributed by atoms with Gasteiger partial charge in [0.15, 0.2) is 0 Å². The van der Waals surface area contributed by atoms with Crippen LogP contribution in [0.2, 0.25) is 0 Å². The SMILES string of the molecule is C=S1C=Nc2c1ccc1ccccc21. The normalized spacial score (nSPS) is 18.7. The van der Waals surface area contributed by atoms with Crippen LogP contribution in [0.15, 0.2) is 46.3 Å². The van der Waals surface area contributed by atoms with Gasteiger partial charge in [0.05, 0.1) is 11.2 Å². The van der Waals surface area contributed by atoms with Gasteiger partial charge >= 0.3 is 0 Å². The third-order valence-electron chi connectivity index (χ3n) is 2.46. The van der Waals surface area contributed by atoms with Crippen molar-refractivity contribution in [1.29, 1.82) is 0 Å². The van der Waals surface area contributed by atoms with Gasteiger partial charge in [0, 0.05) is 10.3 Å². The molecule has 1 atom stereocenters. The lowest BCUT2D eigenvalue weighted by Gasteiger charge is -2.03. The van der Waals surface area contributed by atoms with E-state index in [9.17, 15) is 0 Å². The first-order chi connectivity index (χ1) is 6.86. The number of hydrogen-bond acceptors (Lipinski definition) is 1. The molecule has 14 heavy (non-hydrogen) atoms. The number of nitrogens with zero attached hydrogens (tertiary/aromatic N) is 1. The monoisotopic (exact) mass is 199 g/mol. The quantitative estimate of drug-likeness (QED) is 0.575. The number of rotatable bonds is 0. The molecule has 3 rings (SSSR count). The first-order valence-electron chi connectivity index (χ1n) is 4.45. The van der Waals surface area contributed by atoms with Crippen LogP contribution in [0.1, 0.15) is 0 Å². The second kappa shape index (κ2) is 2.79. The van der Waals surface area contributed by atoms with Crippen molar-refractivity contribution in [2.24, 2.45) is 4.99 Å². The second-order valence-corrected chi connectivity index (χ2v) is 4.81. The Hall–Kier alpha value is -1.41. The molecule has 2 heteroatoms. The van der Waals surface area contributed by atoms with Gasteiger partial charge in [0.25, 0.3) is 0 Å². The summed E-state index contributed by atoms with van der Waals surface area (Å²) in [6.07, 6.45) is 0. The Morgan fingerprint density at radius 2 is 1.93 bits per heavy atom. The molecule has 0 saturated heterocycles. The van der Waals surface area contributed by atoms with Gasteiger partial charge in [-0.1, -0.05) is 36.2 Å². The van der Waals surface area contributed by atoms with Gasteiger partial charge in [0.1, 0.15) is 0 Å². The maximum absolute atomic E-state index is 4.43. The summed E-state index contributed by atoms with van der Waals surface area (Å²) in [6.45, 7) is 0. The average Bonchev–Trinajstić information content (AvgIpc) is 2.61. The first-order valence-corrected chi connectivity index (χ1v) is 5.91. The van der Waals surface area contributed by atoms with Crippen molar-refractivity contribution in [3.63, 3.8) is 0 Å². The van der Waals surface area contributed by atoms with E-state index in [-0.39, 0.29) is 10.5 Å². The lowest BCUT2D eigenvalue weighted by Crippen LogP contribution is -1.74. The van der Waals surface area contributed by atoms with Gasteiger partial charge in [-0.25, -0.2) is 4.99 Å². The highest BCUT2D eigenvalue weighted by molar-refractivity contribution is 8.26. The lowest BCUT2D eigenvalue weighted by atomic mass is 10.1. The first kappa shape index (κ1) is 7.94. The van der Waals surface area contributed by atoms with Crippen molar-refractivity contribution in [3.8, 4) is 0 Å². The zero-order chi connectivity index (χ0) is 9.54. The Morgan fingerprint density at radius 3 is 2.86 bits per heavy atom. The zero-order valence-corrected chi connectivity index (χ0v) is 8.42. The molecule has 0 fully saturated rings. The largest absolute Gasteiger partial charge is 0.248 e. The summed E-state index contributed by atoms with van der Waals surface area (Å²) in [6, 6.07) is 12.6. The van der Waals surface area contributed by atoms with E-state index in [1.807, 2.05) is 5.55 Å². The van der Waals surface area contributed by atoms with E-state index < -0.39 is 0 Å². The van der Waals surface area contributed by atoms with E-state index in [1.165, 1.54) is 15.7 Å². The Morgan fingerprint density at radius 1 is 1.07 bits per heavy atom. The molecule has 1 unspecified atom stereocenters. The molecule has 0 saturated carbocycles. The summed E-state index contributed by atoms with van der Waals surface area (Å²) in [7, 11) is -0.0455. The van der Waals surface area contributed by atoms with Crippen molar-refractivity contribution in [3.05, 3.63) is 36.4 Å². The van der Waals surface area contributed by atoms with Gasteiger partial charge < -0.3 is 0 Å². The number of aliphatic imine (C=N–C) groups is 1. The second-order valence-electron chi connectivity index (χ2n) is 3.30. The molecule has 1 aliphatic rings. The lowest BCUT2D eigenvalue weighted by molar-refractivity contribution is 1.45. The van der Waals surface area contributed by atoms with E-state index in [1.54, 1.807) is 0 Å². The van der Waals surface area contributed by atoms with Crippen LogP contribution in [0.3, 0.4) is 0 Å². The molecule has 0 bridgehead atoms. The molecule has 2 aromatic carbocycles. The van der Waals surface area contributed by atoms with Crippen molar-refractivity contribution < 1.29 is 0 Å². The van der Waals surface area contributed by atoms with E-state index in [0.717, 1.165) is 5.69 Å². The summed E-state index contributed by atoms with van der Waals surface area (Å²) >= 11 is 0. The standard InChI is InChI=1S/C12H9NS/c1-14-8-13-12-10-5-3-2-4-9(10)6-7-11(12)14/h2-8H,1H2. The summed E-state index contributed by atoms with van der Waals surface area (Å²) in [5, 5.41) is 2.49. The highest BCUT2D eigenvalue weighted by Gasteiger charge is 2.11. The Balaban J connectivity index is 2.49. The molecule has 68 valence electrons. The summed E-state index contributed by atoms with van der Waals surface area (Å²) in [5.74, 6) is 4.06. The Kier molecular flexibility index (Phi) is 1.58. The topological polar surface area (TPSA) is 12.4 Å². The van der Waals surface area contributed by atoms with E-state index in [4.69, 9.17) is 0 Å². The molecule has 1 nitrogen and oxygen atoms in total. The molecule has 1 aliphatic heterocycles. The van der Waals surface area contributed by atoms with Gasteiger partial charge in [-0.15, -0.1) is 10.5 Å². The third kappa shape index (κ3) is 0.976. The van der Waals surface area contributed by atoms with Crippen LogP contribution in [0.5, 0.6) is 0 Å². The van der Waals surface area contributed by atoms with Gasteiger partial charge in [-0.3, -0.25) is 0 Å². The van der Waals surface area contributed by atoms with Crippen LogP contribution >= 0.6 is 10.5 Å². The third-order valence-corrected chi connectivity index (χ3v) is 3.71. The van der Waals surface area contributed by atoms with Crippen molar-refractivity contribution in [2.75, 3.05) is 0 Å². The minimum atomic E-state index is -0.0455. The zero-order valence-electron chi connectivity index (χ0n) is 7.60. The highest BCUT2D eigenvalue weighted by Crippen LogP contribution is 2.42. The predicted molar refractivity (Wildman–Crippen MR) is 65.1 cm³/mol. The van der Waals surface area contributed by atoms with Crippen molar-refractivity contribution >= 4 is 38.4 Å². The Bertz CT molecular complexity index is 570. The summed E-state index contributed by atoms with van der Waals surface area (Å²) < 4.78 is 0. The van der Waals surface area contributed by atoms with E-state index >= 15 is 0 Å². The molecule has 0 amide bonds. The van der Waals surface area contributed by atoms with Crippen LogP contribution in [0.4, 0.5) is 5.69 Å². The molecule has 2 aromatic rings. The summed E-state index contributed by atoms with van der Waals surface area (Å²) in [5.41, 5.74) is 3.05. The fourth-order valence-electron chi connectivity index (χ4n) is 1.75. The van der Waals surface area contributed by atoms with Crippen LogP contribution < -0.4 is 0 Å². The predicted octanol–water partition coefficient (Wildman–Crippen LogP) is 3.57. The van der Waals surface area contributed by atoms with E-state index in [0.29, 0.717) is 0 Å². The van der Waals surface area contributed by atoms with Crippen LogP contribution in [-0.4, -0.2) is 11.4 Å². The van der Waals surface area contributed by atoms with Crippen LogP contribution in [0.25, 0.3) is 10.8 Å². The minimum absolute atomic E-state index is 0.0455. The minimum Gasteiger partial charge on any atom is -0.248 e. The van der Waals surface area contributed by atoms with Crippen molar-refractivity contribution in [2.45, 2.75) is 4.90 Å². The van der Waals surface area contributed by atoms with Gasteiger partial charge in [-0.2, -0.15) is 0 Å². The molecule has 0 radical (unpaired) electrons. The maximum atomic E-state index is 4.43. The van der Waals surface area contributed by atoms with Crippen LogP contribution in [0, 0.1) is 0 Å². The molecule has 0 aromatic heterocycles. The highest BCUT2D eigenvalue weighted by atomic mass is 32.2. The molecule has 0 aliphatic carbocycles. The molecule has 0 N–H and O–H groups in total. The van der Waals surface area contributed by atoms with E-state index in [2.05, 4.69) is 47.3 Å². The molecule has 1 heterocycles. The Labute approximate surface area is 85.0 Å². The van der Waals surface area contributed by atoms with Gasteiger partial charge in [-0.05, 0) is 11.5 Å². The van der Waals surface area contributed by atoms with Crippen molar-refractivity contribution in [1.82, 2.24) is 0 Å². The molecular formula is C12H9NS. The number of benzene rings is 2. The molecule has 0 spiro atoms. The molecular weight excluding hydrogens is 190 g/mol. The van der Waals surface area contributed by atoms with Gasteiger partial charge in [0.2, 0.25) is 0 Å².